The van der Waals surface area contributed by atoms with Crippen LogP contribution in [0.5, 0.6) is 5.75 Å². The summed E-state index contributed by atoms with van der Waals surface area (Å²) in [4.78, 5) is 11.6. The number of nitrogens with one attached hydrogen (secondary N) is 1. The monoisotopic (exact) mass is 383 g/mol. The fraction of sp³-hybridized carbons (Fsp3) is 0.417. The second kappa shape index (κ2) is 7.46. The smallest absolute Gasteiger partial charge is 0.409 e. The van der Waals surface area contributed by atoms with Crippen molar-refractivity contribution in [3.05, 3.63) is 28.7 Å². The first-order valence-corrected chi connectivity index (χ1v) is 9.25. The molecule has 1 unspecified atom stereocenters. The fourth-order valence-corrected chi connectivity index (χ4v) is 3.37. The van der Waals surface area contributed by atoms with Crippen molar-refractivity contribution in [2.75, 3.05) is 0 Å². The molecule has 0 spiro atoms. The third kappa shape index (κ3) is 6.27. The van der Waals surface area contributed by atoms with Gasteiger partial charge >= 0.3 is 12.8 Å². The van der Waals surface area contributed by atoms with Crippen LogP contribution in [0.25, 0.3) is 0 Å². The largest absolute Gasteiger partial charge is 0.462 e. The molecule has 1 aromatic carbocycles. The molecule has 0 fully saturated rings. The lowest BCUT2D eigenvalue weighted by Gasteiger charge is -2.19. The highest BCUT2D eigenvalue weighted by Gasteiger charge is 2.28. The topological polar surface area (TPSA) is 64.6 Å². The summed E-state index contributed by atoms with van der Waals surface area (Å²) in [5.74, 6) is -0.214. The standard InChI is InChI=1S/C12H16BrClNO4P/c1-8(2)18-12(16)9(3)15-20(14,17)19-11-6-4-5-10(13)7-11/h4-9H,1-3H3,(H,15,17)/t9-,20?/m0/s1. The molecule has 0 heterocycles. The van der Waals surface area contributed by atoms with E-state index >= 15 is 0 Å². The Hall–Kier alpha value is -0.550. The molecule has 8 heteroatoms. The number of benzene rings is 1. The van der Waals surface area contributed by atoms with Crippen LogP contribution < -0.4 is 9.61 Å². The van der Waals surface area contributed by atoms with E-state index in [0.717, 1.165) is 4.47 Å². The van der Waals surface area contributed by atoms with Gasteiger partial charge in [-0.2, -0.15) is 0 Å². The molecule has 5 nitrogen and oxygen atoms in total. The third-order valence-corrected chi connectivity index (χ3v) is 4.21. The fourth-order valence-electron chi connectivity index (χ4n) is 1.30. The molecule has 0 aromatic heterocycles. The lowest BCUT2D eigenvalue weighted by atomic mass is 10.3. The van der Waals surface area contributed by atoms with Crippen molar-refractivity contribution in [2.24, 2.45) is 0 Å². The predicted molar refractivity (Wildman–Crippen MR) is 82.1 cm³/mol. The number of ether oxygens (including phenoxy) is 1. The maximum atomic E-state index is 12.1. The highest BCUT2D eigenvalue weighted by Crippen LogP contribution is 2.48. The number of halogens is 2. The number of rotatable bonds is 6. The maximum Gasteiger partial charge on any atom is 0.409 e. The van der Waals surface area contributed by atoms with Gasteiger partial charge < -0.3 is 9.26 Å². The quantitative estimate of drug-likeness (QED) is 0.591. The predicted octanol–water partition coefficient (Wildman–Crippen LogP) is 4.10. The number of hydrogen-bond donors (Lipinski definition) is 1. The van der Waals surface area contributed by atoms with Gasteiger partial charge in [-0.1, -0.05) is 22.0 Å². The summed E-state index contributed by atoms with van der Waals surface area (Å²) in [6.07, 6.45) is -0.257. The molecule has 2 atom stereocenters. The van der Waals surface area contributed by atoms with Gasteiger partial charge in [0.2, 0.25) is 0 Å². The molecule has 1 rings (SSSR count). The van der Waals surface area contributed by atoms with Crippen LogP contribution in [0.4, 0.5) is 0 Å². The zero-order valence-corrected chi connectivity index (χ0v) is 14.5. The molecular weight excluding hydrogens is 368 g/mol. The molecule has 0 aliphatic carbocycles. The molecule has 0 amide bonds. The molecule has 0 radical (unpaired) electrons. The van der Waals surface area contributed by atoms with Gasteiger partial charge in [0.25, 0.3) is 0 Å². The highest BCUT2D eigenvalue weighted by molar-refractivity contribution is 9.10. The van der Waals surface area contributed by atoms with E-state index in [1.165, 1.54) is 6.92 Å². The minimum absolute atomic E-state index is 0.257. The average Bonchev–Trinajstić information content (AvgIpc) is 2.26. The minimum Gasteiger partial charge on any atom is -0.462 e. The normalized spacial score (nSPS) is 15.5. The van der Waals surface area contributed by atoms with E-state index in [1.807, 2.05) is 0 Å². The molecule has 1 aromatic rings. The van der Waals surface area contributed by atoms with Crippen LogP contribution in [0.15, 0.2) is 28.7 Å². The van der Waals surface area contributed by atoms with Gasteiger partial charge in [-0.3, -0.25) is 4.79 Å². The van der Waals surface area contributed by atoms with Gasteiger partial charge in [0.1, 0.15) is 11.8 Å². The van der Waals surface area contributed by atoms with Crippen LogP contribution in [0.3, 0.4) is 0 Å². The molecule has 0 aliphatic heterocycles. The van der Waals surface area contributed by atoms with Gasteiger partial charge in [-0.15, -0.1) is 0 Å². The van der Waals surface area contributed by atoms with Gasteiger partial charge in [0.05, 0.1) is 6.10 Å². The summed E-state index contributed by atoms with van der Waals surface area (Å²) < 4.78 is 23.0. The molecule has 0 saturated carbocycles. The molecule has 0 aliphatic rings. The Morgan fingerprint density at radius 1 is 1.40 bits per heavy atom. The summed E-state index contributed by atoms with van der Waals surface area (Å²) >= 11 is 9.06. The van der Waals surface area contributed by atoms with Crippen LogP contribution in [0.2, 0.25) is 0 Å². The first-order valence-electron chi connectivity index (χ1n) is 5.93. The Morgan fingerprint density at radius 3 is 2.60 bits per heavy atom. The van der Waals surface area contributed by atoms with E-state index in [2.05, 4.69) is 21.0 Å². The van der Waals surface area contributed by atoms with Gasteiger partial charge in [0.15, 0.2) is 0 Å². The molecule has 0 bridgehead atoms. The van der Waals surface area contributed by atoms with Crippen LogP contribution in [0, 0.1) is 0 Å². The van der Waals surface area contributed by atoms with Crippen molar-refractivity contribution in [2.45, 2.75) is 32.9 Å². The molecule has 20 heavy (non-hydrogen) atoms. The number of carbonyl (C=O) groups excluding carboxylic acids is 1. The van der Waals surface area contributed by atoms with Gasteiger partial charge in [-0.05, 0) is 39.0 Å². The zero-order chi connectivity index (χ0) is 15.3. The van der Waals surface area contributed by atoms with Crippen molar-refractivity contribution in [3.63, 3.8) is 0 Å². The maximum absolute atomic E-state index is 12.1. The van der Waals surface area contributed by atoms with Crippen LogP contribution >= 0.6 is 34.0 Å². The molecular formula is C12H16BrClNO4P. The third-order valence-electron chi connectivity index (χ3n) is 2.07. The van der Waals surface area contributed by atoms with E-state index in [-0.39, 0.29) is 6.10 Å². The van der Waals surface area contributed by atoms with Crippen LogP contribution in [-0.2, 0) is 14.1 Å². The number of carbonyl (C=O) groups is 1. The summed E-state index contributed by atoms with van der Waals surface area (Å²) in [6.45, 7) is 1.27. The van der Waals surface area contributed by atoms with Crippen molar-refractivity contribution < 1.29 is 18.6 Å². The van der Waals surface area contributed by atoms with Crippen molar-refractivity contribution in [1.29, 1.82) is 0 Å². The molecule has 112 valence electrons. The number of hydrogen-bond acceptors (Lipinski definition) is 4. The molecule has 0 saturated heterocycles. The van der Waals surface area contributed by atoms with E-state index in [0.29, 0.717) is 5.75 Å². The minimum atomic E-state index is -3.69. The summed E-state index contributed by atoms with van der Waals surface area (Å²) in [5.41, 5.74) is 0. The molecule has 1 N–H and O–H groups in total. The van der Waals surface area contributed by atoms with Gasteiger partial charge in [0, 0.05) is 15.7 Å². The first kappa shape index (κ1) is 17.5. The Bertz CT molecular complexity index is 526. The summed E-state index contributed by atoms with van der Waals surface area (Å²) in [7, 11) is 0. The lowest BCUT2D eigenvalue weighted by Crippen LogP contribution is -2.34. The Morgan fingerprint density at radius 2 is 2.05 bits per heavy atom. The Kier molecular flexibility index (Phi) is 6.52. The van der Waals surface area contributed by atoms with E-state index in [9.17, 15) is 9.36 Å². The second-order valence-electron chi connectivity index (χ2n) is 4.36. The van der Waals surface area contributed by atoms with Gasteiger partial charge in [-0.25, -0.2) is 9.65 Å². The van der Waals surface area contributed by atoms with Crippen LogP contribution in [-0.4, -0.2) is 18.1 Å². The Balaban J connectivity index is 2.65. The van der Waals surface area contributed by atoms with Crippen molar-refractivity contribution in [1.82, 2.24) is 5.09 Å². The SMILES string of the molecule is CC(C)OC(=O)[C@H](C)NP(=O)(Cl)Oc1cccc(Br)c1. The van der Waals surface area contributed by atoms with E-state index < -0.39 is 18.9 Å². The van der Waals surface area contributed by atoms with Crippen molar-refractivity contribution in [3.8, 4) is 5.75 Å². The van der Waals surface area contributed by atoms with Crippen molar-refractivity contribution >= 4 is 40.0 Å². The zero-order valence-electron chi connectivity index (χ0n) is 11.3. The lowest BCUT2D eigenvalue weighted by molar-refractivity contribution is -0.148. The van der Waals surface area contributed by atoms with Crippen LogP contribution in [0.1, 0.15) is 20.8 Å². The average molecular weight is 385 g/mol. The first-order chi connectivity index (χ1) is 9.19. The Labute approximate surface area is 131 Å². The highest BCUT2D eigenvalue weighted by atomic mass is 79.9. The second-order valence-corrected chi connectivity index (χ2v) is 8.02. The van der Waals surface area contributed by atoms with E-state index in [4.69, 9.17) is 20.5 Å². The summed E-state index contributed by atoms with van der Waals surface area (Å²) in [6, 6.07) is 5.90. The number of esters is 1. The summed E-state index contributed by atoms with van der Waals surface area (Å²) in [5, 5.41) is 2.44. The van der Waals surface area contributed by atoms with E-state index in [1.54, 1.807) is 38.1 Å².